The van der Waals surface area contributed by atoms with E-state index < -0.39 is 0 Å². The van der Waals surface area contributed by atoms with Crippen LogP contribution in [-0.4, -0.2) is 23.1 Å². The molecule has 1 fully saturated rings. The average Bonchev–Trinajstić information content (AvgIpc) is 3.07. The molecule has 4 heteroatoms. The molecule has 0 aliphatic carbocycles. The van der Waals surface area contributed by atoms with Crippen molar-refractivity contribution in [3.63, 3.8) is 0 Å². The largest absolute Gasteiger partial charge is 0.374 e. The predicted octanol–water partition coefficient (Wildman–Crippen LogP) is 4.45. The number of benzene rings is 1. The van der Waals surface area contributed by atoms with Gasteiger partial charge in [0, 0.05) is 22.6 Å². The number of hydrogen-bond donors (Lipinski definition) is 0. The number of thioether (sulfide) groups is 1. The minimum Gasteiger partial charge on any atom is -0.374 e. The molecule has 3 rings (SSSR count). The van der Waals surface area contributed by atoms with Crippen molar-refractivity contribution in [2.45, 2.75) is 44.6 Å². The van der Waals surface area contributed by atoms with Crippen LogP contribution in [0.5, 0.6) is 0 Å². The number of nitrogens with zero attached hydrogens (tertiary/aromatic N) is 1. The van der Waals surface area contributed by atoms with Crippen molar-refractivity contribution in [3.8, 4) is 11.3 Å². The summed E-state index contributed by atoms with van der Waals surface area (Å²) < 4.78 is 11.4. The molecular weight excluding hydrogens is 282 g/mol. The Bertz CT molecular complexity index is 582. The molecule has 0 bridgehead atoms. The van der Waals surface area contributed by atoms with E-state index in [4.69, 9.17) is 9.26 Å². The molecule has 1 aliphatic rings. The third-order valence-corrected chi connectivity index (χ3v) is 4.99. The second-order valence-corrected chi connectivity index (χ2v) is 6.63. The molecule has 0 saturated carbocycles. The average molecular weight is 303 g/mol. The van der Waals surface area contributed by atoms with Crippen LogP contribution in [0.2, 0.25) is 0 Å². The van der Waals surface area contributed by atoms with Crippen molar-refractivity contribution in [1.82, 2.24) is 5.16 Å². The molecule has 1 aromatic heterocycles. The molecule has 0 amide bonds. The highest BCUT2D eigenvalue weighted by atomic mass is 32.2. The molecule has 0 radical (unpaired) electrons. The lowest BCUT2D eigenvalue weighted by atomic mass is 10.1. The van der Waals surface area contributed by atoms with E-state index in [-0.39, 0.29) is 0 Å². The quantitative estimate of drug-likeness (QED) is 0.817. The van der Waals surface area contributed by atoms with Gasteiger partial charge in [-0.05, 0) is 26.7 Å². The Morgan fingerprint density at radius 3 is 2.76 bits per heavy atom. The van der Waals surface area contributed by atoms with E-state index in [9.17, 15) is 0 Å². The first-order chi connectivity index (χ1) is 10.2. The highest BCUT2D eigenvalue weighted by Crippen LogP contribution is 2.30. The summed E-state index contributed by atoms with van der Waals surface area (Å²) in [5, 5.41) is 4.14. The summed E-state index contributed by atoms with van der Waals surface area (Å²) in [5.74, 6) is 2.87. The SMILES string of the molecule is Cc1noc(-c2ccccc2)c1CSCC1CCC(C)O1. The Balaban J connectivity index is 1.64. The first kappa shape index (κ1) is 14.7. The fraction of sp³-hybridized carbons (Fsp3) is 0.471. The van der Waals surface area contributed by atoms with Crippen LogP contribution in [0.3, 0.4) is 0 Å². The lowest BCUT2D eigenvalue weighted by Crippen LogP contribution is -2.11. The van der Waals surface area contributed by atoms with Gasteiger partial charge in [-0.1, -0.05) is 35.5 Å². The van der Waals surface area contributed by atoms with E-state index in [1.165, 1.54) is 18.4 Å². The fourth-order valence-electron chi connectivity index (χ4n) is 2.68. The van der Waals surface area contributed by atoms with Gasteiger partial charge < -0.3 is 9.26 Å². The van der Waals surface area contributed by atoms with Gasteiger partial charge in [-0.25, -0.2) is 0 Å². The normalized spacial score (nSPS) is 21.8. The first-order valence-electron chi connectivity index (χ1n) is 7.48. The predicted molar refractivity (Wildman–Crippen MR) is 86.4 cm³/mol. The Morgan fingerprint density at radius 1 is 1.24 bits per heavy atom. The summed E-state index contributed by atoms with van der Waals surface area (Å²) in [4.78, 5) is 0. The molecule has 2 heterocycles. The van der Waals surface area contributed by atoms with E-state index in [1.807, 2.05) is 36.9 Å². The zero-order chi connectivity index (χ0) is 14.7. The van der Waals surface area contributed by atoms with Gasteiger partial charge in [-0.3, -0.25) is 0 Å². The van der Waals surface area contributed by atoms with E-state index in [1.54, 1.807) is 0 Å². The second kappa shape index (κ2) is 6.67. The van der Waals surface area contributed by atoms with Gasteiger partial charge in [-0.15, -0.1) is 0 Å². The van der Waals surface area contributed by atoms with Crippen LogP contribution >= 0.6 is 11.8 Å². The summed E-state index contributed by atoms with van der Waals surface area (Å²) in [7, 11) is 0. The van der Waals surface area contributed by atoms with Crippen LogP contribution in [0, 0.1) is 6.92 Å². The molecule has 1 aromatic carbocycles. The fourth-order valence-corrected chi connectivity index (χ4v) is 3.85. The highest BCUT2D eigenvalue weighted by Gasteiger charge is 2.22. The Kier molecular flexibility index (Phi) is 4.66. The second-order valence-electron chi connectivity index (χ2n) is 5.60. The van der Waals surface area contributed by atoms with Gasteiger partial charge in [-0.2, -0.15) is 11.8 Å². The maximum Gasteiger partial charge on any atom is 0.171 e. The summed E-state index contributed by atoms with van der Waals surface area (Å²) in [6.45, 7) is 4.17. The standard InChI is InChI=1S/C17H21NO2S/c1-12-8-9-15(19-12)10-21-11-16-13(2)18-20-17(16)14-6-4-3-5-7-14/h3-7,12,15H,8-11H2,1-2H3. The summed E-state index contributed by atoms with van der Waals surface area (Å²) in [5.41, 5.74) is 3.29. The molecule has 1 saturated heterocycles. The van der Waals surface area contributed by atoms with Crippen molar-refractivity contribution in [2.75, 3.05) is 5.75 Å². The molecule has 2 aromatic rings. The molecule has 21 heavy (non-hydrogen) atoms. The lowest BCUT2D eigenvalue weighted by Gasteiger charge is -2.10. The van der Waals surface area contributed by atoms with Crippen molar-refractivity contribution in [3.05, 3.63) is 41.6 Å². The molecule has 2 unspecified atom stereocenters. The Hall–Kier alpha value is -1.26. The van der Waals surface area contributed by atoms with Crippen LogP contribution in [0.1, 0.15) is 31.0 Å². The third-order valence-electron chi connectivity index (χ3n) is 3.89. The summed E-state index contributed by atoms with van der Waals surface area (Å²) in [6.07, 6.45) is 3.20. The van der Waals surface area contributed by atoms with Gasteiger partial charge in [0.15, 0.2) is 5.76 Å². The van der Waals surface area contributed by atoms with Crippen molar-refractivity contribution < 1.29 is 9.26 Å². The van der Waals surface area contributed by atoms with E-state index in [2.05, 4.69) is 24.2 Å². The maximum atomic E-state index is 5.87. The van der Waals surface area contributed by atoms with Crippen LogP contribution < -0.4 is 0 Å². The van der Waals surface area contributed by atoms with E-state index in [0.717, 1.165) is 28.5 Å². The molecule has 1 aliphatic heterocycles. The minimum atomic E-state index is 0.408. The van der Waals surface area contributed by atoms with Crippen LogP contribution in [0.15, 0.2) is 34.9 Å². The zero-order valence-corrected chi connectivity index (χ0v) is 13.4. The van der Waals surface area contributed by atoms with Crippen molar-refractivity contribution >= 4 is 11.8 Å². The molecular formula is C17H21NO2S. The number of aryl methyl sites for hydroxylation is 1. The maximum absolute atomic E-state index is 5.87. The Labute approximate surface area is 130 Å². The molecule has 2 atom stereocenters. The molecule has 112 valence electrons. The van der Waals surface area contributed by atoms with Crippen molar-refractivity contribution in [1.29, 1.82) is 0 Å². The van der Waals surface area contributed by atoms with Gasteiger partial charge in [0.25, 0.3) is 0 Å². The first-order valence-corrected chi connectivity index (χ1v) is 8.63. The molecule has 0 spiro atoms. The van der Waals surface area contributed by atoms with Gasteiger partial charge in [0.05, 0.1) is 17.9 Å². The Morgan fingerprint density at radius 2 is 2.05 bits per heavy atom. The van der Waals surface area contributed by atoms with Gasteiger partial charge in [0.1, 0.15) is 0 Å². The van der Waals surface area contributed by atoms with Crippen LogP contribution in [0.25, 0.3) is 11.3 Å². The summed E-state index contributed by atoms with van der Waals surface area (Å²) in [6, 6.07) is 10.2. The topological polar surface area (TPSA) is 35.3 Å². The lowest BCUT2D eigenvalue weighted by molar-refractivity contribution is 0.0700. The van der Waals surface area contributed by atoms with E-state index >= 15 is 0 Å². The van der Waals surface area contributed by atoms with Crippen LogP contribution in [-0.2, 0) is 10.5 Å². The number of aromatic nitrogens is 1. The van der Waals surface area contributed by atoms with Crippen LogP contribution in [0.4, 0.5) is 0 Å². The molecule has 0 N–H and O–H groups in total. The van der Waals surface area contributed by atoms with Crippen molar-refractivity contribution in [2.24, 2.45) is 0 Å². The monoisotopic (exact) mass is 303 g/mol. The van der Waals surface area contributed by atoms with E-state index in [0.29, 0.717) is 12.2 Å². The highest BCUT2D eigenvalue weighted by molar-refractivity contribution is 7.98. The number of ether oxygens (including phenoxy) is 1. The minimum absolute atomic E-state index is 0.408. The third kappa shape index (κ3) is 3.50. The molecule has 3 nitrogen and oxygen atoms in total. The van der Waals surface area contributed by atoms with Gasteiger partial charge >= 0.3 is 0 Å². The smallest absolute Gasteiger partial charge is 0.171 e. The summed E-state index contributed by atoms with van der Waals surface area (Å²) >= 11 is 1.91. The van der Waals surface area contributed by atoms with Gasteiger partial charge in [0.2, 0.25) is 0 Å². The zero-order valence-electron chi connectivity index (χ0n) is 12.5. The number of hydrogen-bond acceptors (Lipinski definition) is 4. The number of rotatable bonds is 5.